The van der Waals surface area contributed by atoms with Crippen molar-refractivity contribution in [1.82, 2.24) is 0 Å². The first-order valence-electron chi connectivity index (χ1n) is 5.85. The van der Waals surface area contributed by atoms with Gasteiger partial charge in [0.25, 0.3) is 0 Å². The molecule has 1 aliphatic heterocycles. The lowest BCUT2D eigenvalue weighted by Crippen LogP contribution is -2.03. The lowest BCUT2D eigenvalue weighted by Gasteiger charge is -2.07. The van der Waals surface area contributed by atoms with E-state index in [-0.39, 0.29) is 5.78 Å². The topological polar surface area (TPSA) is 26.3 Å². The second-order valence-electron chi connectivity index (χ2n) is 4.38. The fourth-order valence-electron chi connectivity index (χ4n) is 2.20. The molecule has 2 heterocycles. The van der Waals surface area contributed by atoms with Crippen LogP contribution >= 0.6 is 38.9 Å². The molecule has 98 valence electrons. The van der Waals surface area contributed by atoms with Crippen LogP contribution in [-0.4, -0.2) is 12.4 Å². The molecule has 2 aromatic rings. The van der Waals surface area contributed by atoms with Crippen molar-refractivity contribution >= 4 is 44.7 Å². The minimum Gasteiger partial charge on any atom is -0.493 e. The predicted octanol–water partition coefficient (Wildman–Crippen LogP) is 4.52. The molecule has 3 rings (SSSR count). The number of carbonyl (C=O) groups is 1. The number of hydrogen-bond donors (Lipinski definition) is 0. The first-order chi connectivity index (χ1) is 9.13. The standard InChI is InChI=1S/C14H10BrClO2S/c15-10-6-13(19-7-10)12(17)5-9-4-11(16)3-8-1-2-18-14(8)9/h3-4,6-7H,1-2,5H2. The molecular formula is C14H10BrClO2S. The Morgan fingerprint density at radius 1 is 1.42 bits per heavy atom. The lowest BCUT2D eigenvalue weighted by molar-refractivity contribution is 0.0996. The summed E-state index contributed by atoms with van der Waals surface area (Å²) in [6.45, 7) is 0.668. The molecule has 0 saturated heterocycles. The number of fused-ring (bicyclic) bond motifs is 1. The van der Waals surface area contributed by atoms with Crippen molar-refractivity contribution < 1.29 is 9.53 Å². The van der Waals surface area contributed by atoms with E-state index < -0.39 is 0 Å². The van der Waals surface area contributed by atoms with Crippen LogP contribution in [0.4, 0.5) is 0 Å². The van der Waals surface area contributed by atoms with Gasteiger partial charge in [0.2, 0.25) is 0 Å². The minimum atomic E-state index is 0.0932. The van der Waals surface area contributed by atoms with E-state index in [4.69, 9.17) is 16.3 Å². The van der Waals surface area contributed by atoms with E-state index in [1.807, 2.05) is 23.6 Å². The summed E-state index contributed by atoms with van der Waals surface area (Å²) >= 11 is 10.9. The van der Waals surface area contributed by atoms with Gasteiger partial charge in [-0.2, -0.15) is 0 Å². The number of rotatable bonds is 3. The summed E-state index contributed by atoms with van der Waals surface area (Å²) in [6.07, 6.45) is 1.19. The highest BCUT2D eigenvalue weighted by atomic mass is 79.9. The van der Waals surface area contributed by atoms with Crippen LogP contribution < -0.4 is 4.74 Å². The number of halogens is 2. The van der Waals surface area contributed by atoms with Crippen LogP contribution in [0.25, 0.3) is 0 Å². The van der Waals surface area contributed by atoms with Gasteiger partial charge in [-0.05, 0) is 39.7 Å². The van der Waals surface area contributed by atoms with Crippen LogP contribution in [0.15, 0.2) is 28.1 Å². The lowest BCUT2D eigenvalue weighted by atomic mass is 10.0. The van der Waals surface area contributed by atoms with E-state index in [2.05, 4.69) is 15.9 Å². The Kier molecular flexibility index (Phi) is 3.65. The number of ketones is 1. The molecule has 0 saturated carbocycles. The monoisotopic (exact) mass is 356 g/mol. The van der Waals surface area contributed by atoms with E-state index in [0.29, 0.717) is 18.1 Å². The maximum Gasteiger partial charge on any atom is 0.177 e. The van der Waals surface area contributed by atoms with Crippen molar-refractivity contribution in [1.29, 1.82) is 0 Å². The number of benzene rings is 1. The zero-order valence-electron chi connectivity index (χ0n) is 9.91. The summed E-state index contributed by atoms with van der Waals surface area (Å²) in [5.74, 6) is 0.934. The molecule has 0 N–H and O–H groups in total. The van der Waals surface area contributed by atoms with Gasteiger partial charge in [-0.25, -0.2) is 0 Å². The molecular weight excluding hydrogens is 348 g/mol. The van der Waals surface area contributed by atoms with Gasteiger partial charge < -0.3 is 4.74 Å². The molecule has 0 bridgehead atoms. The highest BCUT2D eigenvalue weighted by molar-refractivity contribution is 9.10. The Balaban J connectivity index is 1.90. The molecule has 1 aliphatic rings. The summed E-state index contributed by atoms with van der Waals surface area (Å²) < 4.78 is 6.55. The van der Waals surface area contributed by atoms with Gasteiger partial charge in [-0.15, -0.1) is 11.3 Å². The van der Waals surface area contributed by atoms with Crippen LogP contribution in [-0.2, 0) is 12.8 Å². The second kappa shape index (κ2) is 5.27. The highest BCUT2D eigenvalue weighted by Crippen LogP contribution is 2.34. The quantitative estimate of drug-likeness (QED) is 0.755. The first-order valence-corrected chi connectivity index (χ1v) is 7.90. The van der Waals surface area contributed by atoms with E-state index in [0.717, 1.165) is 32.6 Å². The minimum absolute atomic E-state index is 0.0932. The van der Waals surface area contributed by atoms with Crippen LogP contribution in [0, 0.1) is 0 Å². The van der Waals surface area contributed by atoms with E-state index >= 15 is 0 Å². The molecule has 0 aliphatic carbocycles. The molecule has 19 heavy (non-hydrogen) atoms. The molecule has 0 spiro atoms. The SMILES string of the molecule is O=C(Cc1cc(Cl)cc2c1OCC2)c1cc(Br)cs1. The van der Waals surface area contributed by atoms with Crippen LogP contribution in [0.2, 0.25) is 5.02 Å². The van der Waals surface area contributed by atoms with Gasteiger partial charge in [0, 0.05) is 33.3 Å². The van der Waals surface area contributed by atoms with Crippen molar-refractivity contribution in [3.63, 3.8) is 0 Å². The number of Topliss-reactive ketones (excluding diaryl/α,β-unsaturated/α-hetero) is 1. The molecule has 0 unspecified atom stereocenters. The largest absolute Gasteiger partial charge is 0.493 e. The average Bonchev–Trinajstić information content (AvgIpc) is 2.97. The normalized spacial score (nSPS) is 13.2. The van der Waals surface area contributed by atoms with Gasteiger partial charge in [0.05, 0.1) is 11.5 Å². The number of thiophene rings is 1. The third-order valence-electron chi connectivity index (χ3n) is 3.02. The van der Waals surface area contributed by atoms with E-state index in [1.54, 1.807) is 0 Å². The molecule has 2 nitrogen and oxygen atoms in total. The summed E-state index contributed by atoms with van der Waals surface area (Å²) in [5.41, 5.74) is 1.98. The highest BCUT2D eigenvalue weighted by Gasteiger charge is 2.20. The summed E-state index contributed by atoms with van der Waals surface area (Å²) in [7, 11) is 0. The number of hydrogen-bond acceptors (Lipinski definition) is 3. The molecule has 0 amide bonds. The van der Waals surface area contributed by atoms with Gasteiger partial charge >= 0.3 is 0 Å². The molecule has 1 aromatic heterocycles. The van der Waals surface area contributed by atoms with Gasteiger partial charge in [-0.3, -0.25) is 4.79 Å². The molecule has 0 radical (unpaired) electrons. The fourth-order valence-corrected chi connectivity index (χ4v) is 3.83. The molecule has 0 fully saturated rings. The maximum atomic E-state index is 12.2. The van der Waals surface area contributed by atoms with E-state index in [1.165, 1.54) is 11.3 Å². The Morgan fingerprint density at radius 2 is 2.26 bits per heavy atom. The van der Waals surface area contributed by atoms with Crippen molar-refractivity contribution in [3.8, 4) is 5.75 Å². The van der Waals surface area contributed by atoms with Crippen molar-refractivity contribution in [3.05, 3.63) is 49.1 Å². The Bertz CT molecular complexity index is 651. The van der Waals surface area contributed by atoms with Gasteiger partial charge in [-0.1, -0.05) is 11.6 Å². The smallest absolute Gasteiger partial charge is 0.177 e. The number of carbonyl (C=O) groups excluding carboxylic acids is 1. The molecule has 0 atom stereocenters. The Hall–Kier alpha value is -0.840. The second-order valence-corrected chi connectivity index (χ2v) is 6.64. The Labute approximate surface area is 128 Å². The summed E-state index contributed by atoms with van der Waals surface area (Å²) in [5, 5.41) is 2.57. The third kappa shape index (κ3) is 2.71. The zero-order chi connectivity index (χ0) is 13.4. The van der Waals surface area contributed by atoms with Crippen molar-refractivity contribution in [2.75, 3.05) is 6.61 Å². The van der Waals surface area contributed by atoms with Gasteiger partial charge in [0.1, 0.15) is 5.75 Å². The predicted molar refractivity (Wildman–Crippen MR) is 80.7 cm³/mol. The van der Waals surface area contributed by atoms with Crippen molar-refractivity contribution in [2.45, 2.75) is 12.8 Å². The molecule has 1 aromatic carbocycles. The van der Waals surface area contributed by atoms with E-state index in [9.17, 15) is 4.79 Å². The molecule has 5 heteroatoms. The van der Waals surface area contributed by atoms with Crippen LogP contribution in [0.5, 0.6) is 5.75 Å². The van der Waals surface area contributed by atoms with Crippen LogP contribution in [0.1, 0.15) is 20.8 Å². The van der Waals surface area contributed by atoms with Crippen LogP contribution in [0.3, 0.4) is 0 Å². The summed E-state index contributed by atoms with van der Waals surface area (Å²) in [4.78, 5) is 13.0. The number of ether oxygens (including phenoxy) is 1. The maximum absolute atomic E-state index is 12.2. The Morgan fingerprint density at radius 3 is 3.00 bits per heavy atom. The average molecular weight is 358 g/mol. The third-order valence-corrected chi connectivity index (χ3v) is 4.97. The first kappa shape index (κ1) is 13.2. The van der Waals surface area contributed by atoms with Gasteiger partial charge in [0.15, 0.2) is 5.78 Å². The summed E-state index contributed by atoms with van der Waals surface area (Å²) in [6, 6.07) is 5.59. The zero-order valence-corrected chi connectivity index (χ0v) is 13.1. The van der Waals surface area contributed by atoms with Crippen molar-refractivity contribution in [2.24, 2.45) is 0 Å². The fraction of sp³-hybridized carbons (Fsp3) is 0.214.